The average molecular weight is 261 g/mol. The Labute approximate surface area is 115 Å². The lowest BCUT2D eigenvalue weighted by molar-refractivity contribution is 0.415. The molecule has 0 spiro atoms. The van der Waals surface area contributed by atoms with Crippen molar-refractivity contribution in [3.05, 3.63) is 42.0 Å². The fraction of sp³-hybridized carbons (Fsp3) is 0.500. The van der Waals surface area contributed by atoms with Crippen LogP contribution in [0, 0.1) is 5.92 Å². The van der Waals surface area contributed by atoms with Crippen molar-refractivity contribution < 1.29 is 0 Å². The lowest BCUT2D eigenvalue weighted by Gasteiger charge is -2.21. The molecule has 0 saturated heterocycles. The van der Waals surface area contributed by atoms with Gasteiger partial charge in [-0.25, -0.2) is 0 Å². The predicted molar refractivity (Wildman–Crippen MR) is 81.1 cm³/mol. The van der Waals surface area contributed by atoms with Crippen LogP contribution in [0.2, 0.25) is 0 Å². The number of nitrogens with one attached hydrogen (secondary N) is 1. The fourth-order valence-corrected chi connectivity index (χ4v) is 2.80. The summed E-state index contributed by atoms with van der Waals surface area (Å²) in [5.74, 6) is 0.822. The Kier molecular flexibility index (Phi) is 5.33. The summed E-state index contributed by atoms with van der Waals surface area (Å²) in [7, 11) is 0. The highest BCUT2D eigenvalue weighted by atomic mass is 32.2. The lowest BCUT2D eigenvalue weighted by Crippen LogP contribution is -2.26. The first-order chi connectivity index (χ1) is 8.79. The zero-order chi connectivity index (χ0) is 12.8. The molecule has 0 aromatic heterocycles. The summed E-state index contributed by atoms with van der Waals surface area (Å²) in [6.45, 7) is 3.39. The van der Waals surface area contributed by atoms with Crippen LogP contribution in [-0.4, -0.2) is 12.8 Å². The van der Waals surface area contributed by atoms with Crippen molar-refractivity contribution in [2.45, 2.75) is 37.1 Å². The van der Waals surface area contributed by atoms with Crippen molar-refractivity contribution in [1.29, 1.82) is 0 Å². The van der Waals surface area contributed by atoms with Crippen molar-refractivity contribution in [3.8, 4) is 0 Å². The molecule has 0 bridgehead atoms. The molecule has 1 aromatic rings. The van der Waals surface area contributed by atoms with Gasteiger partial charge in [-0.1, -0.05) is 24.3 Å². The van der Waals surface area contributed by atoms with Gasteiger partial charge in [0.1, 0.15) is 0 Å². The van der Waals surface area contributed by atoms with Gasteiger partial charge in [-0.05, 0) is 62.6 Å². The molecule has 0 radical (unpaired) electrons. The Morgan fingerprint density at radius 3 is 2.67 bits per heavy atom. The van der Waals surface area contributed by atoms with E-state index in [4.69, 9.17) is 0 Å². The maximum Gasteiger partial charge on any atom is 0.0291 e. The average Bonchev–Trinajstić information content (AvgIpc) is 2.46. The van der Waals surface area contributed by atoms with Gasteiger partial charge in [0.15, 0.2) is 0 Å². The molecule has 2 atom stereocenters. The Balaban J connectivity index is 1.82. The van der Waals surface area contributed by atoms with E-state index in [-0.39, 0.29) is 0 Å². The maximum atomic E-state index is 3.67. The molecule has 2 heteroatoms. The van der Waals surface area contributed by atoms with E-state index < -0.39 is 0 Å². The first-order valence-corrected chi connectivity index (χ1v) is 8.04. The number of rotatable bonds is 5. The van der Waals surface area contributed by atoms with Crippen LogP contribution < -0.4 is 5.32 Å². The Bertz CT molecular complexity index is 383. The van der Waals surface area contributed by atoms with E-state index >= 15 is 0 Å². The number of hydrogen-bond acceptors (Lipinski definition) is 2. The summed E-state index contributed by atoms with van der Waals surface area (Å²) in [5.41, 5.74) is 1.39. The van der Waals surface area contributed by atoms with Gasteiger partial charge in [0.05, 0.1) is 0 Å². The van der Waals surface area contributed by atoms with E-state index in [2.05, 4.69) is 54.9 Å². The summed E-state index contributed by atoms with van der Waals surface area (Å²) in [6, 6.07) is 9.35. The standard InChI is InChI=1S/C16H23NS/c1-13(15-8-10-16(18-2)11-9-15)17-12-14-6-4-3-5-7-14/h3-4,8-11,13-14,17H,5-7,12H2,1-2H3. The third kappa shape index (κ3) is 3.89. The van der Waals surface area contributed by atoms with Crippen LogP contribution in [0.15, 0.2) is 41.3 Å². The molecule has 0 heterocycles. The monoisotopic (exact) mass is 261 g/mol. The predicted octanol–water partition coefficient (Wildman–Crippen LogP) is 4.42. The highest BCUT2D eigenvalue weighted by molar-refractivity contribution is 7.98. The molecule has 2 unspecified atom stereocenters. The van der Waals surface area contributed by atoms with Crippen molar-refractivity contribution in [2.24, 2.45) is 5.92 Å². The molecule has 0 aliphatic heterocycles. The largest absolute Gasteiger partial charge is 0.310 e. The van der Waals surface area contributed by atoms with Gasteiger partial charge in [0.25, 0.3) is 0 Å². The minimum atomic E-state index is 0.451. The molecule has 1 nitrogen and oxygen atoms in total. The number of thioether (sulfide) groups is 1. The van der Waals surface area contributed by atoms with Crippen LogP contribution in [0.5, 0.6) is 0 Å². The van der Waals surface area contributed by atoms with Crippen LogP contribution in [0.1, 0.15) is 37.8 Å². The molecule has 0 amide bonds. The molecule has 1 aliphatic carbocycles. The molecule has 18 heavy (non-hydrogen) atoms. The number of hydrogen-bond donors (Lipinski definition) is 1. The third-order valence-corrected chi connectivity index (χ3v) is 4.45. The van der Waals surface area contributed by atoms with Crippen molar-refractivity contribution in [1.82, 2.24) is 5.32 Å². The van der Waals surface area contributed by atoms with Gasteiger partial charge in [-0.2, -0.15) is 0 Å². The van der Waals surface area contributed by atoms with E-state index in [0.29, 0.717) is 6.04 Å². The highest BCUT2D eigenvalue weighted by Crippen LogP contribution is 2.21. The molecule has 1 aromatic carbocycles. The van der Waals surface area contributed by atoms with Crippen molar-refractivity contribution in [3.63, 3.8) is 0 Å². The van der Waals surface area contributed by atoms with Crippen molar-refractivity contribution in [2.75, 3.05) is 12.8 Å². The summed E-state index contributed by atoms with van der Waals surface area (Å²) < 4.78 is 0. The van der Waals surface area contributed by atoms with Crippen LogP contribution in [0.25, 0.3) is 0 Å². The van der Waals surface area contributed by atoms with E-state index in [1.54, 1.807) is 11.8 Å². The van der Waals surface area contributed by atoms with E-state index in [1.807, 2.05) is 0 Å². The molecule has 1 aliphatic rings. The van der Waals surface area contributed by atoms with Gasteiger partial charge in [-0.15, -0.1) is 11.8 Å². The summed E-state index contributed by atoms with van der Waals surface area (Å²) >= 11 is 1.80. The Morgan fingerprint density at radius 2 is 2.06 bits per heavy atom. The first kappa shape index (κ1) is 13.7. The number of allylic oxidation sites excluding steroid dienone is 2. The third-order valence-electron chi connectivity index (χ3n) is 3.71. The zero-order valence-corrected chi connectivity index (χ0v) is 12.2. The maximum absolute atomic E-state index is 3.67. The number of benzene rings is 1. The van der Waals surface area contributed by atoms with Gasteiger partial charge in [-0.3, -0.25) is 0 Å². The molecule has 98 valence electrons. The molecule has 0 saturated carbocycles. The topological polar surface area (TPSA) is 12.0 Å². The Hall–Kier alpha value is -0.730. The van der Waals surface area contributed by atoms with Crippen LogP contribution >= 0.6 is 11.8 Å². The van der Waals surface area contributed by atoms with Crippen LogP contribution in [0.4, 0.5) is 0 Å². The normalized spacial score (nSPS) is 20.9. The van der Waals surface area contributed by atoms with E-state index in [0.717, 1.165) is 12.5 Å². The quantitative estimate of drug-likeness (QED) is 0.622. The second-order valence-electron chi connectivity index (χ2n) is 5.05. The SMILES string of the molecule is CSc1ccc(C(C)NCC2CC=CCC2)cc1. The fourth-order valence-electron chi connectivity index (χ4n) is 2.40. The van der Waals surface area contributed by atoms with Crippen LogP contribution in [-0.2, 0) is 0 Å². The zero-order valence-electron chi connectivity index (χ0n) is 11.4. The Morgan fingerprint density at radius 1 is 1.28 bits per heavy atom. The summed E-state index contributed by atoms with van der Waals surface area (Å²) in [4.78, 5) is 1.34. The summed E-state index contributed by atoms with van der Waals surface area (Å²) in [6.07, 6.45) is 10.6. The second kappa shape index (κ2) is 7.01. The second-order valence-corrected chi connectivity index (χ2v) is 5.93. The van der Waals surface area contributed by atoms with Crippen molar-refractivity contribution >= 4 is 11.8 Å². The van der Waals surface area contributed by atoms with Gasteiger partial charge in [0, 0.05) is 10.9 Å². The summed E-state index contributed by atoms with van der Waals surface area (Å²) in [5, 5.41) is 3.67. The molecular weight excluding hydrogens is 238 g/mol. The van der Waals surface area contributed by atoms with E-state index in [9.17, 15) is 0 Å². The smallest absolute Gasteiger partial charge is 0.0291 e. The highest BCUT2D eigenvalue weighted by Gasteiger charge is 2.11. The van der Waals surface area contributed by atoms with Gasteiger partial charge >= 0.3 is 0 Å². The van der Waals surface area contributed by atoms with Gasteiger partial charge in [0.2, 0.25) is 0 Å². The molecular formula is C16H23NS. The first-order valence-electron chi connectivity index (χ1n) is 6.82. The minimum absolute atomic E-state index is 0.451. The van der Waals surface area contributed by atoms with E-state index in [1.165, 1.54) is 29.7 Å². The molecule has 2 rings (SSSR count). The molecule has 0 fully saturated rings. The minimum Gasteiger partial charge on any atom is -0.310 e. The van der Waals surface area contributed by atoms with Crippen LogP contribution in [0.3, 0.4) is 0 Å². The molecule has 1 N–H and O–H groups in total. The lowest BCUT2D eigenvalue weighted by atomic mass is 9.94. The van der Waals surface area contributed by atoms with Gasteiger partial charge < -0.3 is 5.32 Å².